The Hall–Kier alpha value is -0.0800. The van der Waals surface area contributed by atoms with Crippen molar-refractivity contribution in [2.45, 2.75) is 63.8 Å². The van der Waals surface area contributed by atoms with E-state index in [4.69, 9.17) is 0 Å². The lowest BCUT2D eigenvalue weighted by molar-refractivity contribution is 0.0840. The molecule has 1 N–H and O–H groups in total. The van der Waals surface area contributed by atoms with E-state index < -0.39 is 0 Å². The molecule has 2 saturated heterocycles. The van der Waals surface area contributed by atoms with Crippen LogP contribution in [0.3, 0.4) is 0 Å². The van der Waals surface area contributed by atoms with Crippen molar-refractivity contribution in [2.75, 3.05) is 26.2 Å². The van der Waals surface area contributed by atoms with Crippen molar-refractivity contribution in [1.29, 1.82) is 0 Å². The molecule has 0 aromatic heterocycles. The molecule has 0 aromatic carbocycles. The van der Waals surface area contributed by atoms with Crippen molar-refractivity contribution in [3.05, 3.63) is 0 Å². The molecule has 0 radical (unpaired) electrons. The summed E-state index contributed by atoms with van der Waals surface area (Å²) >= 11 is 0. The van der Waals surface area contributed by atoms with Crippen molar-refractivity contribution >= 4 is 0 Å². The third-order valence-electron chi connectivity index (χ3n) is 5.36. The lowest BCUT2D eigenvalue weighted by atomic mass is 9.78. The van der Waals surface area contributed by atoms with Gasteiger partial charge in [0.15, 0.2) is 0 Å². The van der Waals surface area contributed by atoms with Crippen LogP contribution >= 0.6 is 0 Å². The van der Waals surface area contributed by atoms with Crippen LogP contribution in [0.1, 0.15) is 57.8 Å². The average Bonchev–Trinajstić information content (AvgIpc) is 2.40. The Bertz CT molecular complexity index is 235. The monoisotopic (exact) mass is 250 g/mol. The van der Waals surface area contributed by atoms with E-state index in [-0.39, 0.29) is 0 Å². The molecule has 2 heterocycles. The molecule has 0 spiro atoms. The summed E-state index contributed by atoms with van der Waals surface area (Å²) in [6, 6.07) is 0.836. The van der Waals surface area contributed by atoms with Gasteiger partial charge in [-0.3, -0.25) is 0 Å². The van der Waals surface area contributed by atoms with Gasteiger partial charge in [-0.05, 0) is 69.9 Å². The number of hydrogen-bond donors (Lipinski definition) is 1. The van der Waals surface area contributed by atoms with E-state index in [1.165, 1.54) is 77.5 Å². The molecule has 18 heavy (non-hydrogen) atoms. The first-order valence-corrected chi connectivity index (χ1v) is 8.36. The number of fused-ring (bicyclic) bond motifs is 2. The second-order valence-electron chi connectivity index (χ2n) is 6.95. The predicted octanol–water partition coefficient (Wildman–Crippen LogP) is 3.03. The number of rotatable bonds is 4. The van der Waals surface area contributed by atoms with Crippen molar-refractivity contribution in [1.82, 2.24) is 10.2 Å². The van der Waals surface area contributed by atoms with Crippen molar-refractivity contribution < 1.29 is 0 Å². The molecule has 2 nitrogen and oxygen atoms in total. The topological polar surface area (TPSA) is 15.3 Å². The molecule has 1 saturated carbocycles. The van der Waals surface area contributed by atoms with Gasteiger partial charge in [0.2, 0.25) is 0 Å². The van der Waals surface area contributed by atoms with Gasteiger partial charge >= 0.3 is 0 Å². The van der Waals surface area contributed by atoms with Crippen LogP contribution in [0, 0.1) is 11.8 Å². The molecule has 2 bridgehead atoms. The zero-order valence-corrected chi connectivity index (χ0v) is 11.9. The second-order valence-corrected chi connectivity index (χ2v) is 6.95. The van der Waals surface area contributed by atoms with Crippen LogP contribution < -0.4 is 5.32 Å². The Morgan fingerprint density at radius 3 is 2.50 bits per heavy atom. The first kappa shape index (κ1) is 12.9. The SMILES string of the molecule is C1CCC(CCCN2CC3CCCC(C3)C2)NC1. The smallest absolute Gasteiger partial charge is 0.00675 e. The van der Waals surface area contributed by atoms with E-state index in [1.807, 2.05) is 0 Å². The van der Waals surface area contributed by atoms with E-state index in [2.05, 4.69) is 10.2 Å². The molecule has 1 aliphatic carbocycles. The molecular weight excluding hydrogens is 220 g/mol. The summed E-state index contributed by atoms with van der Waals surface area (Å²) in [4.78, 5) is 2.78. The molecule has 2 aliphatic heterocycles. The van der Waals surface area contributed by atoms with Gasteiger partial charge in [-0.25, -0.2) is 0 Å². The van der Waals surface area contributed by atoms with Gasteiger partial charge in [0.25, 0.3) is 0 Å². The van der Waals surface area contributed by atoms with Gasteiger partial charge in [0.05, 0.1) is 0 Å². The fourth-order valence-electron chi connectivity index (χ4n) is 4.45. The van der Waals surface area contributed by atoms with Crippen LogP contribution in [0.2, 0.25) is 0 Å². The van der Waals surface area contributed by atoms with E-state index >= 15 is 0 Å². The molecule has 3 fully saturated rings. The third-order valence-corrected chi connectivity index (χ3v) is 5.36. The lowest BCUT2D eigenvalue weighted by Crippen LogP contribution is -2.43. The lowest BCUT2D eigenvalue weighted by Gasteiger charge is -2.41. The minimum absolute atomic E-state index is 0.836. The molecule has 104 valence electrons. The van der Waals surface area contributed by atoms with Crippen LogP contribution in [0.25, 0.3) is 0 Å². The summed E-state index contributed by atoms with van der Waals surface area (Å²) in [5, 5.41) is 3.68. The van der Waals surface area contributed by atoms with E-state index in [0.717, 1.165) is 17.9 Å². The summed E-state index contributed by atoms with van der Waals surface area (Å²) in [5.74, 6) is 2.09. The van der Waals surface area contributed by atoms with Crippen LogP contribution in [0.15, 0.2) is 0 Å². The number of nitrogens with one attached hydrogen (secondary N) is 1. The van der Waals surface area contributed by atoms with Crippen molar-refractivity contribution in [2.24, 2.45) is 11.8 Å². The maximum atomic E-state index is 3.68. The minimum Gasteiger partial charge on any atom is -0.314 e. The first-order chi connectivity index (χ1) is 8.90. The average molecular weight is 250 g/mol. The van der Waals surface area contributed by atoms with Gasteiger partial charge in [0.1, 0.15) is 0 Å². The Kier molecular flexibility index (Phi) is 4.58. The number of nitrogens with zero attached hydrogens (tertiary/aromatic N) is 1. The van der Waals surface area contributed by atoms with Gasteiger partial charge < -0.3 is 10.2 Å². The van der Waals surface area contributed by atoms with E-state index in [1.54, 1.807) is 6.42 Å². The summed E-state index contributed by atoms with van der Waals surface area (Å²) in [7, 11) is 0. The highest BCUT2D eigenvalue weighted by molar-refractivity contribution is 4.83. The predicted molar refractivity (Wildman–Crippen MR) is 76.8 cm³/mol. The number of likely N-dealkylation sites (tertiary alicyclic amines) is 1. The maximum Gasteiger partial charge on any atom is 0.00675 e. The highest BCUT2D eigenvalue weighted by Crippen LogP contribution is 2.34. The fraction of sp³-hybridized carbons (Fsp3) is 1.00. The molecule has 3 unspecified atom stereocenters. The van der Waals surface area contributed by atoms with Crippen molar-refractivity contribution in [3.8, 4) is 0 Å². The zero-order chi connectivity index (χ0) is 12.2. The van der Waals surface area contributed by atoms with Crippen LogP contribution in [-0.2, 0) is 0 Å². The maximum absolute atomic E-state index is 3.68. The zero-order valence-electron chi connectivity index (χ0n) is 11.9. The molecule has 0 aromatic rings. The van der Waals surface area contributed by atoms with Crippen LogP contribution in [0.5, 0.6) is 0 Å². The molecular formula is C16H30N2. The Balaban J connectivity index is 1.35. The molecule has 2 heteroatoms. The largest absolute Gasteiger partial charge is 0.314 e. The van der Waals surface area contributed by atoms with Crippen LogP contribution in [-0.4, -0.2) is 37.1 Å². The van der Waals surface area contributed by atoms with Gasteiger partial charge in [-0.2, -0.15) is 0 Å². The number of piperidine rings is 2. The second kappa shape index (κ2) is 6.38. The Morgan fingerprint density at radius 1 is 0.944 bits per heavy atom. The molecule has 3 rings (SSSR count). The van der Waals surface area contributed by atoms with E-state index in [9.17, 15) is 0 Å². The first-order valence-electron chi connectivity index (χ1n) is 8.36. The molecule has 0 amide bonds. The normalized spacial score (nSPS) is 37.7. The van der Waals surface area contributed by atoms with Crippen LogP contribution in [0.4, 0.5) is 0 Å². The molecule has 3 aliphatic rings. The number of hydrogen-bond acceptors (Lipinski definition) is 2. The van der Waals surface area contributed by atoms with Gasteiger partial charge in [-0.15, -0.1) is 0 Å². The highest BCUT2D eigenvalue weighted by atomic mass is 15.1. The fourth-order valence-corrected chi connectivity index (χ4v) is 4.45. The highest BCUT2D eigenvalue weighted by Gasteiger charge is 2.29. The summed E-state index contributed by atoms with van der Waals surface area (Å²) in [6.07, 6.45) is 13.2. The van der Waals surface area contributed by atoms with Crippen molar-refractivity contribution in [3.63, 3.8) is 0 Å². The van der Waals surface area contributed by atoms with E-state index in [0.29, 0.717) is 0 Å². The summed E-state index contributed by atoms with van der Waals surface area (Å²) in [6.45, 7) is 5.45. The summed E-state index contributed by atoms with van der Waals surface area (Å²) < 4.78 is 0. The standard InChI is InChI=1S/C16H30N2/c1-2-9-17-16(7-1)8-4-10-18-12-14-5-3-6-15(11-14)13-18/h14-17H,1-13H2. The quantitative estimate of drug-likeness (QED) is 0.825. The summed E-state index contributed by atoms with van der Waals surface area (Å²) in [5.41, 5.74) is 0. The van der Waals surface area contributed by atoms with Gasteiger partial charge in [-0.1, -0.05) is 12.8 Å². The third kappa shape index (κ3) is 3.48. The Labute approximate surface area is 113 Å². The Morgan fingerprint density at radius 2 is 1.78 bits per heavy atom. The van der Waals surface area contributed by atoms with Gasteiger partial charge in [0, 0.05) is 19.1 Å². The molecule has 3 atom stereocenters. The minimum atomic E-state index is 0.836.